The molecule has 0 N–H and O–H groups in total. The number of aromatic nitrogens is 1. The first-order chi connectivity index (χ1) is 14.8. The third-order valence-electron chi connectivity index (χ3n) is 5.51. The van der Waals surface area contributed by atoms with E-state index < -0.39 is 0 Å². The van der Waals surface area contributed by atoms with Crippen LogP contribution in [-0.2, 0) is 23.6 Å². The van der Waals surface area contributed by atoms with Gasteiger partial charge in [-0.05, 0) is 75.3 Å². The van der Waals surface area contributed by atoms with Crippen LogP contribution in [0.15, 0.2) is 54.6 Å². The summed E-state index contributed by atoms with van der Waals surface area (Å²) in [7, 11) is 0. The molecule has 0 amide bonds. The molecule has 2 fully saturated rings. The predicted molar refractivity (Wildman–Crippen MR) is 123 cm³/mol. The van der Waals surface area contributed by atoms with Gasteiger partial charge in [-0.25, -0.2) is 0 Å². The van der Waals surface area contributed by atoms with Gasteiger partial charge in [-0.15, -0.1) is 0 Å². The Kier molecular flexibility index (Phi) is 8.99. The van der Waals surface area contributed by atoms with Crippen LogP contribution in [0, 0.1) is 63.7 Å². The summed E-state index contributed by atoms with van der Waals surface area (Å²) < 4.78 is 2.30. The molecule has 5 rings (SSSR count). The topological polar surface area (TPSA) is 22.0 Å². The number of aldehydes is 1. The molecule has 0 spiro atoms. The molecular formula is C28H25FeNO. The minimum absolute atomic E-state index is 0. The van der Waals surface area contributed by atoms with Gasteiger partial charge in [0, 0.05) is 51.7 Å². The minimum atomic E-state index is 0. The van der Waals surface area contributed by atoms with E-state index in [2.05, 4.69) is 67.5 Å². The summed E-state index contributed by atoms with van der Waals surface area (Å²) in [6, 6.07) is 18.6. The van der Waals surface area contributed by atoms with E-state index >= 15 is 0 Å². The number of carbonyl (C=O) groups is 1. The molecule has 2 aliphatic carbocycles. The Morgan fingerprint density at radius 1 is 0.806 bits per heavy atom. The SMILES string of the molecule is C[C@@H]([C]1[CH][CH][CH][CH]1)c1c(C=O)c2ccccc2n1Cc1ccccc1.[CH]1[CH][CH][CH][CH]1.[Fe]. The summed E-state index contributed by atoms with van der Waals surface area (Å²) in [5.74, 6) is 1.39. The largest absolute Gasteiger partial charge is 0.339 e. The van der Waals surface area contributed by atoms with Crippen molar-refractivity contribution in [3.05, 3.63) is 135 Å². The molecule has 156 valence electrons. The second-order valence-electron chi connectivity index (χ2n) is 7.41. The number of rotatable bonds is 5. The maximum Gasteiger partial charge on any atom is 0.152 e. The average Bonchev–Trinajstić information content (AvgIpc) is 3.56. The van der Waals surface area contributed by atoms with Gasteiger partial charge in [0.1, 0.15) is 0 Å². The van der Waals surface area contributed by atoms with E-state index in [4.69, 9.17) is 0 Å². The number of para-hydroxylation sites is 1. The fraction of sp³-hybridized carbons (Fsp3) is 0.107. The molecule has 3 heteroatoms. The molecule has 1 atom stereocenters. The molecular weight excluding hydrogens is 422 g/mol. The van der Waals surface area contributed by atoms with E-state index in [1.165, 1.54) is 11.5 Å². The zero-order valence-electron chi connectivity index (χ0n) is 17.5. The van der Waals surface area contributed by atoms with Gasteiger partial charge in [0.05, 0.1) is 0 Å². The van der Waals surface area contributed by atoms with Crippen LogP contribution in [0.4, 0.5) is 0 Å². The van der Waals surface area contributed by atoms with E-state index in [-0.39, 0.29) is 23.0 Å². The molecule has 1 aromatic heterocycles. The van der Waals surface area contributed by atoms with Gasteiger partial charge < -0.3 is 4.57 Å². The van der Waals surface area contributed by atoms with Crippen molar-refractivity contribution in [2.75, 3.05) is 0 Å². The number of hydrogen-bond acceptors (Lipinski definition) is 1. The summed E-state index contributed by atoms with van der Waals surface area (Å²) in [4.78, 5) is 12.0. The van der Waals surface area contributed by atoms with Crippen molar-refractivity contribution < 1.29 is 21.9 Å². The number of fused-ring (bicyclic) bond motifs is 1. The summed E-state index contributed by atoms with van der Waals surface area (Å²) in [6.07, 6.45) is 19.4. The summed E-state index contributed by atoms with van der Waals surface area (Å²) in [5, 5.41) is 1.03. The first-order valence-corrected chi connectivity index (χ1v) is 10.3. The molecule has 2 aromatic carbocycles. The van der Waals surface area contributed by atoms with Gasteiger partial charge in [-0.1, -0.05) is 55.5 Å². The zero-order chi connectivity index (χ0) is 20.8. The van der Waals surface area contributed by atoms with Gasteiger partial charge in [-0.3, -0.25) is 4.79 Å². The number of carbonyl (C=O) groups excluding carboxylic acids is 1. The van der Waals surface area contributed by atoms with Gasteiger partial charge in [0.15, 0.2) is 6.29 Å². The van der Waals surface area contributed by atoms with Crippen LogP contribution < -0.4 is 0 Å². The van der Waals surface area contributed by atoms with Crippen LogP contribution in [0.3, 0.4) is 0 Å². The van der Waals surface area contributed by atoms with Crippen molar-refractivity contribution >= 4 is 17.2 Å². The second-order valence-corrected chi connectivity index (χ2v) is 7.41. The van der Waals surface area contributed by atoms with E-state index in [1.807, 2.05) is 56.4 Å². The monoisotopic (exact) mass is 447 g/mol. The second kappa shape index (κ2) is 11.7. The van der Waals surface area contributed by atoms with Crippen molar-refractivity contribution in [1.29, 1.82) is 0 Å². The standard InChI is InChI=1S/C23H20NO.C5H5.Fe/c1-17(19-11-5-6-12-19)23-21(16-25)20-13-7-8-14-22(20)24(23)15-18-9-3-2-4-10-18;1-2-4-5-3-1;/h2-14,16-17H,15H2,1H3;1-5H;/t17-;;/m0../s1. The molecule has 0 unspecified atom stereocenters. The summed E-state index contributed by atoms with van der Waals surface area (Å²) in [5.41, 5.74) is 4.24. The van der Waals surface area contributed by atoms with Crippen LogP contribution in [0.5, 0.6) is 0 Å². The Hall–Kier alpha value is -1.83. The van der Waals surface area contributed by atoms with Gasteiger partial charge in [0.2, 0.25) is 0 Å². The van der Waals surface area contributed by atoms with Crippen molar-refractivity contribution in [2.24, 2.45) is 0 Å². The Morgan fingerprint density at radius 3 is 2.00 bits per heavy atom. The average molecular weight is 447 g/mol. The van der Waals surface area contributed by atoms with Crippen LogP contribution in [0.25, 0.3) is 10.9 Å². The molecule has 0 bridgehead atoms. The molecule has 2 nitrogen and oxygen atoms in total. The zero-order valence-corrected chi connectivity index (χ0v) is 18.6. The Morgan fingerprint density at radius 2 is 1.39 bits per heavy atom. The Labute approximate surface area is 197 Å². The third-order valence-corrected chi connectivity index (χ3v) is 5.51. The van der Waals surface area contributed by atoms with E-state index in [0.29, 0.717) is 0 Å². The van der Waals surface area contributed by atoms with Gasteiger partial charge >= 0.3 is 0 Å². The van der Waals surface area contributed by atoms with Gasteiger partial charge in [0.25, 0.3) is 0 Å². The molecule has 0 saturated heterocycles. The molecule has 31 heavy (non-hydrogen) atoms. The normalized spacial score (nSPS) is 17.1. The molecule has 2 saturated carbocycles. The molecule has 10 radical (unpaired) electrons. The van der Waals surface area contributed by atoms with Crippen LogP contribution in [0.1, 0.15) is 34.5 Å². The summed E-state index contributed by atoms with van der Waals surface area (Å²) in [6.45, 7) is 2.94. The fourth-order valence-corrected chi connectivity index (χ4v) is 4.03. The number of benzene rings is 2. The first kappa shape index (κ1) is 23.8. The Balaban J connectivity index is 0.000000401. The fourth-order valence-electron chi connectivity index (χ4n) is 4.03. The van der Waals surface area contributed by atoms with Crippen LogP contribution >= 0.6 is 0 Å². The van der Waals surface area contributed by atoms with Gasteiger partial charge in [-0.2, -0.15) is 0 Å². The molecule has 0 aliphatic heterocycles. The summed E-state index contributed by atoms with van der Waals surface area (Å²) >= 11 is 0. The predicted octanol–water partition coefficient (Wildman–Crippen LogP) is 6.03. The Bertz CT molecular complexity index is 944. The molecule has 2 aliphatic rings. The smallest absolute Gasteiger partial charge is 0.152 e. The van der Waals surface area contributed by atoms with E-state index in [9.17, 15) is 4.79 Å². The number of hydrogen-bond donors (Lipinski definition) is 0. The first-order valence-electron chi connectivity index (χ1n) is 10.3. The van der Waals surface area contributed by atoms with E-state index in [1.54, 1.807) is 0 Å². The van der Waals surface area contributed by atoms with Crippen molar-refractivity contribution in [1.82, 2.24) is 4.57 Å². The number of nitrogens with zero attached hydrogens (tertiary/aromatic N) is 1. The van der Waals surface area contributed by atoms with Crippen molar-refractivity contribution in [3.63, 3.8) is 0 Å². The van der Waals surface area contributed by atoms with Crippen molar-refractivity contribution in [3.8, 4) is 0 Å². The maximum absolute atomic E-state index is 12.0. The maximum atomic E-state index is 12.0. The third kappa shape index (κ3) is 5.51. The van der Waals surface area contributed by atoms with Crippen LogP contribution in [0.2, 0.25) is 0 Å². The molecule has 3 aromatic rings. The van der Waals surface area contributed by atoms with E-state index in [0.717, 1.165) is 35.0 Å². The quantitative estimate of drug-likeness (QED) is 0.346. The van der Waals surface area contributed by atoms with Crippen molar-refractivity contribution in [2.45, 2.75) is 19.4 Å². The van der Waals surface area contributed by atoms with Crippen LogP contribution in [-0.4, -0.2) is 10.9 Å². The minimum Gasteiger partial charge on any atom is -0.339 e. The molecule has 1 heterocycles.